The molecule has 9 nitrogen and oxygen atoms in total. The predicted molar refractivity (Wildman–Crippen MR) is 92.8 cm³/mol. The number of aromatic hydroxyl groups is 1. The first-order valence-corrected chi connectivity index (χ1v) is 8.32. The highest BCUT2D eigenvalue weighted by Gasteiger charge is 2.44. The molecule has 0 saturated carbocycles. The summed E-state index contributed by atoms with van der Waals surface area (Å²) < 4.78 is 12.4. The second-order valence-electron chi connectivity index (χ2n) is 6.29. The average molecular weight is 379 g/mol. The Bertz CT molecular complexity index is 847. The minimum absolute atomic E-state index is 0.311. The Morgan fingerprint density at radius 1 is 1.07 bits per heavy atom. The van der Waals surface area contributed by atoms with Crippen molar-refractivity contribution in [1.29, 1.82) is 0 Å². The van der Waals surface area contributed by atoms with E-state index in [1.807, 2.05) is 0 Å². The van der Waals surface area contributed by atoms with Gasteiger partial charge in [-0.3, -0.25) is 4.79 Å². The van der Waals surface area contributed by atoms with Gasteiger partial charge in [-0.25, -0.2) is 0 Å². The van der Waals surface area contributed by atoms with Crippen LogP contribution in [0.2, 0.25) is 0 Å². The van der Waals surface area contributed by atoms with Crippen molar-refractivity contribution < 1.29 is 35.0 Å². The van der Waals surface area contributed by atoms with Crippen LogP contribution in [0.4, 0.5) is 0 Å². The minimum Gasteiger partial charge on any atom is -0.503 e. The van der Waals surface area contributed by atoms with Crippen LogP contribution < -0.4 is 10.2 Å². The van der Waals surface area contributed by atoms with Crippen LogP contribution in [-0.2, 0) is 4.74 Å². The smallest absolute Gasteiger partial charge is 0.229 e. The fourth-order valence-electron chi connectivity index (χ4n) is 2.89. The number of pyridine rings is 1. The van der Waals surface area contributed by atoms with Crippen LogP contribution in [0.1, 0.15) is 5.69 Å². The average Bonchev–Trinajstić information content (AvgIpc) is 2.67. The fourth-order valence-corrected chi connectivity index (χ4v) is 2.89. The molecule has 1 aromatic heterocycles. The molecule has 1 aliphatic rings. The highest BCUT2D eigenvalue weighted by molar-refractivity contribution is 5.41. The van der Waals surface area contributed by atoms with Crippen molar-refractivity contribution in [3.8, 4) is 17.2 Å². The summed E-state index contributed by atoms with van der Waals surface area (Å²) in [7, 11) is 0. The molecule has 1 fully saturated rings. The Labute approximate surface area is 154 Å². The Balaban J connectivity index is 1.78. The number of aliphatic hydroxyl groups excluding tert-OH is 4. The van der Waals surface area contributed by atoms with E-state index in [0.717, 1.165) is 0 Å². The summed E-state index contributed by atoms with van der Waals surface area (Å²) in [6, 6.07) is 7.73. The third-order valence-corrected chi connectivity index (χ3v) is 4.53. The zero-order valence-electron chi connectivity index (χ0n) is 14.5. The minimum atomic E-state index is -1.52. The zero-order valence-corrected chi connectivity index (χ0v) is 14.5. The van der Waals surface area contributed by atoms with Gasteiger partial charge >= 0.3 is 0 Å². The third kappa shape index (κ3) is 3.68. The topological polar surface area (TPSA) is 142 Å². The molecule has 2 aromatic rings. The largest absolute Gasteiger partial charge is 0.503 e. The maximum atomic E-state index is 11.5. The summed E-state index contributed by atoms with van der Waals surface area (Å²) in [5.74, 6) is -0.0230. The number of aromatic nitrogens is 1. The molecule has 1 aliphatic heterocycles. The van der Waals surface area contributed by atoms with E-state index in [1.165, 1.54) is 12.3 Å². The molecule has 2 heterocycles. The lowest BCUT2D eigenvalue weighted by molar-refractivity contribution is -0.277. The summed E-state index contributed by atoms with van der Waals surface area (Å²) in [5.41, 5.74) is 0.570. The molecular formula is C18H21NO8. The molecule has 0 unspecified atom stereocenters. The number of rotatable bonds is 4. The fraction of sp³-hybridized carbons (Fsp3) is 0.389. The zero-order chi connectivity index (χ0) is 19.7. The van der Waals surface area contributed by atoms with E-state index in [1.54, 1.807) is 35.8 Å². The second kappa shape index (κ2) is 7.67. The van der Waals surface area contributed by atoms with Crippen molar-refractivity contribution in [3.05, 3.63) is 52.4 Å². The van der Waals surface area contributed by atoms with Gasteiger partial charge in [-0.05, 0) is 31.2 Å². The summed E-state index contributed by atoms with van der Waals surface area (Å²) in [6.07, 6.45) is -5.27. The van der Waals surface area contributed by atoms with E-state index in [-0.39, 0.29) is 5.75 Å². The van der Waals surface area contributed by atoms with E-state index in [9.17, 15) is 30.3 Å². The Morgan fingerprint density at radius 3 is 2.37 bits per heavy atom. The van der Waals surface area contributed by atoms with Gasteiger partial charge in [0.15, 0.2) is 5.75 Å². The molecule has 27 heavy (non-hydrogen) atoms. The van der Waals surface area contributed by atoms with Crippen molar-refractivity contribution >= 4 is 0 Å². The van der Waals surface area contributed by atoms with Crippen LogP contribution in [0.5, 0.6) is 11.5 Å². The first-order chi connectivity index (χ1) is 12.8. The third-order valence-electron chi connectivity index (χ3n) is 4.53. The second-order valence-corrected chi connectivity index (χ2v) is 6.29. The van der Waals surface area contributed by atoms with Crippen LogP contribution >= 0.6 is 0 Å². The SMILES string of the molecule is Cc1c(O)c(=O)ccn1-c1ccc(O[C@@H]2O[C@H](CO)[C@@H](O)[C@H](O)[C@H]2O)cc1. The Kier molecular flexibility index (Phi) is 5.49. The quantitative estimate of drug-likeness (QED) is 0.457. The number of ether oxygens (including phenoxy) is 2. The summed E-state index contributed by atoms with van der Waals surface area (Å²) in [4.78, 5) is 11.5. The number of nitrogens with zero attached hydrogens (tertiary/aromatic N) is 1. The molecule has 1 aromatic carbocycles. The van der Waals surface area contributed by atoms with Crippen molar-refractivity contribution in [2.75, 3.05) is 6.61 Å². The number of hydrogen-bond donors (Lipinski definition) is 5. The van der Waals surface area contributed by atoms with Gasteiger partial charge < -0.3 is 39.6 Å². The first-order valence-electron chi connectivity index (χ1n) is 8.32. The van der Waals surface area contributed by atoms with E-state index in [2.05, 4.69) is 0 Å². The van der Waals surface area contributed by atoms with Crippen molar-refractivity contribution in [2.45, 2.75) is 37.6 Å². The molecule has 9 heteroatoms. The first kappa shape index (κ1) is 19.3. The van der Waals surface area contributed by atoms with Gasteiger partial charge in [-0.2, -0.15) is 0 Å². The molecule has 0 bridgehead atoms. The predicted octanol–water partition coefficient (Wildman–Crippen LogP) is -0.970. The summed E-state index contributed by atoms with van der Waals surface area (Å²) in [6.45, 7) is 1.06. The van der Waals surface area contributed by atoms with Crippen LogP contribution in [0.15, 0.2) is 41.3 Å². The van der Waals surface area contributed by atoms with Crippen molar-refractivity contribution in [2.24, 2.45) is 0 Å². The molecule has 0 amide bonds. The van der Waals surface area contributed by atoms with Crippen molar-refractivity contribution in [3.63, 3.8) is 0 Å². The monoisotopic (exact) mass is 379 g/mol. The van der Waals surface area contributed by atoms with E-state index >= 15 is 0 Å². The lowest BCUT2D eigenvalue weighted by Crippen LogP contribution is -2.60. The van der Waals surface area contributed by atoms with Gasteiger partial charge in [-0.15, -0.1) is 0 Å². The Hall–Kier alpha value is -2.43. The van der Waals surface area contributed by atoms with E-state index in [0.29, 0.717) is 17.1 Å². The van der Waals surface area contributed by atoms with Gasteiger partial charge in [-0.1, -0.05) is 0 Å². The highest BCUT2D eigenvalue weighted by atomic mass is 16.7. The molecule has 5 atom stereocenters. The normalized spacial score (nSPS) is 28.1. The lowest BCUT2D eigenvalue weighted by Gasteiger charge is -2.39. The number of benzene rings is 1. The molecule has 0 aliphatic carbocycles. The standard InChI is InChI=1S/C18H21NO8/c1-9-14(22)12(21)6-7-19(9)10-2-4-11(5-3-10)26-18-17(25)16(24)15(23)13(8-20)27-18/h2-7,13,15-18,20,22-25H,8H2,1H3/t13-,15-,16+,17-,18-/m1/s1. The maximum Gasteiger partial charge on any atom is 0.229 e. The van der Waals surface area contributed by atoms with Crippen LogP contribution in [0.25, 0.3) is 5.69 Å². The van der Waals surface area contributed by atoms with Gasteiger partial charge in [0.1, 0.15) is 30.2 Å². The summed E-state index contributed by atoms with van der Waals surface area (Å²) >= 11 is 0. The van der Waals surface area contributed by atoms with Gasteiger partial charge in [0.2, 0.25) is 11.7 Å². The van der Waals surface area contributed by atoms with Gasteiger partial charge in [0.25, 0.3) is 0 Å². The van der Waals surface area contributed by atoms with Crippen molar-refractivity contribution in [1.82, 2.24) is 4.57 Å². The number of hydrogen-bond acceptors (Lipinski definition) is 8. The van der Waals surface area contributed by atoms with Crippen LogP contribution in [0.3, 0.4) is 0 Å². The van der Waals surface area contributed by atoms with E-state index < -0.39 is 42.7 Å². The maximum absolute atomic E-state index is 11.5. The molecule has 146 valence electrons. The molecule has 0 spiro atoms. The Morgan fingerprint density at radius 2 is 1.74 bits per heavy atom. The van der Waals surface area contributed by atoms with E-state index in [4.69, 9.17) is 9.47 Å². The molecule has 5 N–H and O–H groups in total. The molecule has 1 saturated heterocycles. The molecule has 0 radical (unpaired) electrons. The number of aliphatic hydroxyl groups is 4. The molecule has 3 rings (SSSR count). The lowest BCUT2D eigenvalue weighted by atomic mass is 9.99. The summed E-state index contributed by atoms with van der Waals surface area (Å²) in [5, 5.41) is 48.6. The van der Waals surface area contributed by atoms with Gasteiger partial charge in [0.05, 0.1) is 12.3 Å². The van der Waals surface area contributed by atoms with Gasteiger partial charge in [0, 0.05) is 18.0 Å². The van der Waals surface area contributed by atoms with Crippen LogP contribution in [0, 0.1) is 6.92 Å². The molecular weight excluding hydrogens is 358 g/mol. The van der Waals surface area contributed by atoms with Crippen LogP contribution in [-0.4, -0.2) is 67.4 Å². The highest BCUT2D eigenvalue weighted by Crippen LogP contribution is 2.25.